The zero-order valence-corrected chi connectivity index (χ0v) is 14.8. The van der Waals surface area contributed by atoms with Crippen LogP contribution in [0.2, 0.25) is 0 Å². The second-order valence-corrected chi connectivity index (χ2v) is 7.29. The van der Waals surface area contributed by atoms with E-state index < -0.39 is 23.5 Å². The second-order valence-electron chi connectivity index (χ2n) is 7.29. The number of hydrogen-bond acceptors (Lipinski definition) is 5. The van der Waals surface area contributed by atoms with Crippen LogP contribution in [0.5, 0.6) is 11.5 Å². The van der Waals surface area contributed by atoms with Crippen LogP contribution in [0.4, 0.5) is 5.69 Å². The minimum atomic E-state index is -1.67. The van der Waals surface area contributed by atoms with E-state index in [-0.39, 0.29) is 28.9 Å². The summed E-state index contributed by atoms with van der Waals surface area (Å²) in [6, 6.07) is 2.76. The third kappa shape index (κ3) is 2.80. The molecule has 1 aromatic rings. The van der Waals surface area contributed by atoms with E-state index in [0.717, 1.165) is 5.57 Å². The van der Waals surface area contributed by atoms with Gasteiger partial charge in [-0.05, 0) is 26.3 Å². The van der Waals surface area contributed by atoms with Gasteiger partial charge < -0.3 is 20.3 Å². The molecule has 1 aromatic carbocycles. The number of carbonyl (C=O) groups is 2. The Morgan fingerprint density at radius 1 is 1.28 bits per heavy atom. The van der Waals surface area contributed by atoms with Gasteiger partial charge in [-0.2, -0.15) is 0 Å². The normalized spacial score (nSPS) is 34.3. The first-order valence-corrected chi connectivity index (χ1v) is 8.40. The number of nitrogens with one attached hydrogen (secondary N) is 1. The summed E-state index contributed by atoms with van der Waals surface area (Å²) in [6.45, 7) is 6.98. The standard InChI is InChI=1S/C19H23NO5/c1-9-5-10(2)15(22)13-7-12(21)8-14-16(13)25-19(4,18(24)20-14)17(23)11(3)6-9/h5,7-8,10-11,15,21-22H,6H2,1-4H3,(H,20,24)/b9-5+/t10-,11+,15+,19+/m1/s1. The smallest absolute Gasteiger partial charge is 0.276 e. The molecule has 0 unspecified atom stereocenters. The van der Waals surface area contributed by atoms with E-state index in [1.54, 1.807) is 6.92 Å². The average molecular weight is 345 g/mol. The van der Waals surface area contributed by atoms with Gasteiger partial charge in [0.1, 0.15) is 5.75 Å². The van der Waals surface area contributed by atoms with Crippen molar-refractivity contribution in [2.24, 2.45) is 11.8 Å². The molecule has 6 heteroatoms. The van der Waals surface area contributed by atoms with Gasteiger partial charge in [-0.25, -0.2) is 0 Å². The van der Waals surface area contributed by atoms with Gasteiger partial charge in [-0.3, -0.25) is 9.59 Å². The van der Waals surface area contributed by atoms with Crippen LogP contribution in [0.15, 0.2) is 23.8 Å². The van der Waals surface area contributed by atoms with Gasteiger partial charge in [-0.15, -0.1) is 0 Å². The molecule has 3 rings (SSSR count). The molecule has 1 amide bonds. The molecule has 25 heavy (non-hydrogen) atoms. The number of amides is 1. The molecule has 0 fully saturated rings. The summed E-state index contributed by atoms with van der Waals surface area (Å²) in [5.74, 6) is -1.41. The molecule has 0 radical (unpaired) electrons. The predicted molar refractivity (Wildman–Crippen MR) is 92.4 cm³/mol. The summed E-state index contributed by atoms with van der Waals surface area (Å²) < 4.78 is 5.88. The fourth-order valence-corrected chi connectivity index (χ4v) is 3.65. The minimum Gasteiger partial charge on any atom is -0.508 e. The van der Waals surface area contributed by atoms with Gasteiger partial charge in [0.05, 0.1) is 11.8 Å². The highest BCUT2D eigenvalue weighted by Crippen LogP contribution is 2.45. The van der Waals surface area contributed by atoms with E-state index in [0.29, 0.717) is 12.0 Å². The van der Waals surface area contributed by atoms with E-state index in [1.165, 1.54) is 19.1 Å². The predicted octanol–water partition coefficient (Wildman–Crippen LogP) is 2.71. The van der Waals surface area contributed by atoms with Crippen LogP contribution in [-0.4, -0.2) is 27.5 Å². The van der Waals surface area contributed by atoms with E-state index in [9.17, 15) is 19.8 Å². The number of ether oxygens (including phenoxy) is 1. The SMILES string of the molecule is C/C1=C\[C@@H](C)[C@H](O)c2cc(O)cc3c2O[C@](C)(C(=O)N3)C(=O)[C@@H](C)C1. The molecule has 0 saturated heterocycles. The molecule has 0 spiro atoms. The highest BCUT2D eigenvalue weighted by molar-refractivity contribution is 6.16. The van der Waals surface area contributed by atoms with Gasteiger partial charge in [0.25, 0.3) is 5.91 Å². The third-order valence-corrected chi connectivity index (χ3v) is 5.00. The summed E-state index contributed by atoms with van der Waals surface area (Å²) in [5.41, 5.74) is -0.117. The molecule has 0 saturated carbocycles. The molecule has 3 N–H and O–H groups in total. The van der Waals surface area contributed by atoms with Crippen LogP contribution in [0.3, 0.4) is 0 Å². The molecule has 4 atom stereocenters. The fraction of sp³-hybridized carbons (Fsp3) is 0.474. The summed E-state index contributed by atoms with van der Waals surface area (Å²) in [7, 11) is 0. The summed E-state index contributed by atoms with van der Waals surface area (Å²) in [6.07, 6.45) is 1.45. The maximum absolute atomic E-state index is 12.9. The van der Waals surface area contributed by atoms with Crippen LogP contribution in [0.25, 0.3) is 0 Å². The van der Waals surface area contributed by atoms with Crippen LogP contribution in [0, 0.1) is 11.8 Å². The Labute approximate surface area is 146 Å². The molecule has 6 nitrogen and oxygen atoms in total. The number of anilines is 1. The zero-order chi connectivity index (χ0) is 18.5. The number of rotatable bonds is 0. The summed E-state index contributed by atoms with van der Waals surface area (Å²) in [4.78, 5) is 25.5. The Hall–Kier alpha value is -2.34. The van der Waals surface area contributed by atoms with Crippen LogP contribution >= 0.6 is 0 Å². The van der Waals surface area contributed by atoms with Gasteiger partial charge in [-0.1, -0.05) is 25.5 Å². The molecule has 2 heterocycles. The number of hydrogen-bond donors (Lipinski definition) is 3. The average Bonchev–Trinajstić information content (AvgIpc) is 2.53. The molecule has 2 aliphatic heterocycles. The molecular weight excluding hydrogens is 322 g/mol. The van der Waals surface area contributed by atoms with Crippen molar-refractivity contribution >= 4 is 17.4 Å². The Morgan fingerprint density at radius 2 is 1.96 bits per heavy atom. The maximum atomic E-state index is 12.9. The number of benzene rings is 1. The Balaban J connectivity index is 2.25. The highest BCUT2D eigenvalue weighted by atomic mass is 16.5. The van der Waals surface area contributed by atoms with Crippen molar-refractivity contribution in [2.45, 2.75) is 45.8 Å². The van der Waals surface area contributed by atoms with Gasteiger partial charge in [0.2, 0.25) is 5.60 Å². The number of aromatic hydroxyl groups is 1. The van der Waals surface area contributed by atoms with Crippen LogP contribution < -0.4 is 10.1 Å². The number of fused-ring (bicyclic) bond motifs is 1. The second kappa shape index (κ2) is 5.88. The lowest BCUT2D eigenvalue weighted by molar-refractivity contribution is -0.147. The van der Waals surface area contributed by atoms with Crippen molar-refractivity contribution in [3.8, 4) is 11.5 Å². The molecule has 0 aliphatic carbocycles. The lowest BCUT2D eigenvalue weighted by Crippen LogP contribution is -2.56. The van der Waals surface area contributed by atoms with Crippen LogP contribution in [0.1, 0.15) is 45.8 Å². The van der Waals surface area contributed by atoms with E-state index in [1.807, 2.05) is 19.9 Å². The molecule has 2 bridgehead atoms. The lowest BCUT2D eigenvalue weighted by atomic mass is 9.85. The van der Waals surface area contributed by atoms with Crippen molar-refractivity contribution < 1.29 is 24.5 Å². The van der Waals surface area contributed by atoms with Crippen molar-refractivity contribution in [3.63, 3.8) is 0 Å². The van der Waals surface area contributed by atoms with Gasteiger partial charge in [0.15, 0.2) is 11.5 Å². The van der Waals surface area contributed by atoms with E-state index >= 15 is 0 Å². The zero-order valence-electron chi connectivity index (χ0n) is 14.8. The fourth-order valence-electron chi connectivity index (χ4n) is 3.65. The van der Waals surface area contributed by atoms with Gasteiger partial charge in [0, 0.05) is 23.5 Å². The third-order valence-electron chi connectivity index (χ3n) is 5.00. The number of phenols is 1. The van der Waals surface area contributed by atoms with Crippen molar-refractivity contribution in [1.29, 1.82) is 0 Å². The molecule has 134 valence electrons. The number of phenolic OH excluding ortho intramolecular Hbond substituents is 1. The number of aliphatic hydroxyl groups excluding tert-OH is 1. The highest BCUT2D eigenvalue weighted by Gasteiger charge is 2.49. The number of carbonyl (C=O) groups excluding carboxylic acids is 2. The topological polar surface area (TPSA) is 95.9 Å². The number of ketones is 1. The maximum Gasteiger partial charge on any atom is 0.276 e. The number of Topliss-reactive ketones (excluding diaryl/α,β-unsaturated/α-hetero) is 1. The Morgan fingerprint density at radius 3 is 2.64 bits per heavy atom. The quantitative estimate of drug-likeness (QED) is 0.496. The summed E-state index contributed by atoms with van der Waals surface area (Å²) >= 11 is 0. The first-order valence-electron chi connectivity index (χ1n) is 8.40. The number of aliphatic hydroxyl groups is 1. The van der Waals surface area contributed by atoms with E-state index in [4.69, 9.17) is 4.74 Å². The largest absolute Gasteiger partial charge is 0.508 e. The lowest BCUT2D eigenvalue weighted by Gasteiger charge is -2.36. The number of allylic oxidation sites excluding steroid dienone is 1. The van der Waals surface area contributed by atoms with Crippen LogP contribution in [-0.2, 0) is 9.59 Å². The Bertz CT molecular complexity index is 784. The van der Waals surface area contributed by atoms with Crippen molar-refractivity contribution in [1.82, 2.24) is 0 Å². The molecule has 0 aromatic heterocycles. The molecule has 2 aliphatic rings. The summed E-state index contributed by atoms with van der Waals surface area (Å²) in [5, 5.41) is 23.4. The van der Waals surface area contributed by atoms with Crippen molar-refractivity contribution in [2.75, 3.05) is 5.32 Å². The Kier molecular flexibility index (Phi) is 4.11. The monoisotopic (exact) mass is 345 g/mol. The first kappa shape index (κ1) is 17.5. The van der Waals surface area contributed by atoms with Crippen molar-refractivity contribution in [3.05, 3.63) is 29.3 Å². The minimum absolute atomic E-state index is 0.0947. The first-order chi connectivity index (χ1) is 11.6. The van der Waals surface area contributed by atoms with Gasteiger partial charge >= 0.3 is 0 Å². The van der Waals surface area contributed by atoms with E-state index in [2.05, 4.69) is 5.32 Å². The molecular formula is C19H23NO5.